The molecule has 1 aromatic rings. The molecule has 1 aromatic heterocycles. The summed E-state index contributed by atoms with van der Waals surface area (Å²) >= 11 is 1.75. The minimum Gasteiger partial charge on any atom is -0.364 e. The Hall–Kier alpha value is -1.02. The average Bonchev–Trinajstić information content (AvgIpc) is 3.16. The predicted octanol–water partition coefficient (Wildman–Crippen LogP) is 0.602. The fourth-order valence-corrected chi connectivity index (χ4v) is 3.93. The number of nitrogens with zero attached hydrogens (tertiary/aromatic N) is 3. The number of aromatic nitrogens is 1. The number of aryl methyl sites for hydroxylation is 1. The summed E-state index contributed by atoms with van der Waals surface area (Å²) in [5, 5.41) is 1.11. The van der Waals surface area contributed by atoms with E-state index in [0.717, 1.165) is 50.6 Å². The van der Waals surface area contributed by atoms with Crippen LogP contribution in [0.1, 0.15) is 22.7 Å². The second-order valence-corrected chi connectivity index (χ2v) is 7.33. The molecule has 22 heavy (non-hydrogen) atoms. The highest BCUT2D eigenvalue weighted by Crippen LogP contribution is 2.22. The van der Waals surface area contributed by atoms with Crippen LogP contribution in [0.25, 0.3) is 0 Å². The Labute approximate surface area is 135 Å². The van der Waals surface area contributed by atoms with Crippen LogP contribution in [0.3, 0.4) is 0 Å². The lowest BCUT2D eigenvalue weighted by molar-refractivity contribution is -0.144. The van der Waals surface area contributed by atoms with E-state index in [9.17, 15) is 4.79 Å². The normalized spacial score (nSPS) is 26.5. The number of ether oxygens (including phenoxy) is 1. The number of carbonyl (C=O) groups excluding carboxylic acids is 1. The second kappa shape index (κ2) is 7.04. The molecule has 0 saturated carbocycles. The van der Waals surface area contributed by atoms with Gasteiger partial charge < -0.3 is 15.4 Å². The molecule has 2 saturated heterocycles. The van der Waals surface area contributed by atoms with Crippen molar-refractivity contribution in [2.75, 3.05) is 32.7 Å². The molecule has 3 rings (SSSR count). The maximum absolute atomic E-state index is 12.5. The van der Waals surface area contributed by atoms with Gasteiger partial charge in [0.05, 0.1) is 11.1 Å². The summed E-state index contributed by atoms with van der Waals surface area (Å²) in [6.45, 7) is 6.86. The number of hydrogen-bond donors (Lipinski definition) is 1. The maximum atomic E-state index is 12.5. The molecule has 3 heterocycles. The lowest BCUT2D eigenvalue weighted by Crippen LogP contribution is -2.51. The van der Waals surface area contributed by atoms with E-state index >= 15 is 0 Å². The van der Waals surface area contributed by atoms with Crippen LogP contribution in [0.5, 0.6) is 0 Å². The third kappa shape index (κ3) is 3.65. The molecule has 0 radical (unpaired) electrons. The average molecular weight is 324 g/mol. The van der Waals surface area contributed by atoms with Crippen molar-refractivity contribution in [1.82, 2.24) is 14.8 Å². The van der Waals surface area contributed by atoms with Crippen LogP contribution in [-0.4, -0.2) is 65.6 Å². The van der Waals surface area contributed by atoms with Gasteiger partial charge in [-0.25, -0.2) is 4.98 Å². The lowest BCUT2D eigenvalue weighted by atomic mass is 10.1. The fourth-order valence-electron chi connectivity index (χ4n) is 3.09. The topological polar surface area (TPSA) is 71.7 Å². The summed E-state index contributed by atoms with van der Waals surface area (Å²) in [6, 6.07) is 0. The Balaban J connectivity index is 1.46. The van der Waals surface area contributed by atoms with E-state index in [2.05, 4.69) is 9.88 Å². The van der Waals surface area contributed by atoms with Gasteiger partial charge in [0.15, 0.2) is 0 Å². The van der Waals surface area contributed by atoms with E-state index in [0.29, 0.717) is 6.54 Å². The molecule has 1 amide bonds. The third-order valence-corrected chi connectivity index (χ3v) is 5.28. The van der Waals surface area contributed by atoms with Gasteiger partial charge in [-0.1, -0.05) is 0 Å². The van der Waals surface area contributed by atoms with Crippen molar-refractivity contribution in [3.63, 3.8) is 0 Å². The molecule has 2 N–H and O–H groups in total. The van der Waals surface area contributed by atoms with Crippen molar-refractivity contribution in [3.05, 3.63) is 16.1 Å². The van der Waals surface area contributed by atoms with Crippen molar-refractivity contribution in [3.8, 4) is 0 Å². The molecule has 0 aliphatic carbocycles. The zero-order chi connectivity index (χ0) is 15.5. The Morgan fingerprint density at radius 1 is 1.41 bits per heavy atom. The van der Waals surface area contributed by atoms with Gasteiger partial charge in [-0.2, -0.15) is 0 Å². The van der Waals surface area contributed by atoms with Crippen molar-refractivity contribution in [1.29, 1.82) is 0 Å². The summed E-state index contributed by atoms with van der Waals surface area (Å²) in [7, 11) is 0. The zero-order valence-electron chi connectivity index (χ0n) is 13.0. The molecular weight excluding hydrogens is 300 g/mol. The van der Waals surface area contributed by atoms with E-state index in [1.165, 1.54) is 4.88 Å². The minimum absolute atomic E-state index is 0.0600. The Kier molecular flexibility index (Phi) is 5.07. The van der Waals surface area contributed by atoms with Crippen LogP contribution in [0, 0.1) is 6.92 Å². The summed E-state index contributed by atoms with van der Waals surface area (Å²) < 4.78 is 5.71. The van der Waals surface area contributed by atoms with Gasteiger partial charge in [-0.05, 0) is 19.8 Å². The van der Waals surface area contributed by atoms with Gasteiger partial charge in [0.1, 0.15) is 6.10 Å². The van der Waals surface area contributed by atoms with Crippen LogP contribution < -0.4 is 5.73 Å². The number of rotatable bonds is 4. The molecule has 2 aliphatic rings. The predicted molar refractivity (Wildman–Crippen MR) is 85.7 cm³/mol. The van der Waals surface area contributed by atoms with E-state index in [1.54, 1.807) is 11.3 Å². The maximum Gasteiger partial charge on any atom is 0.251 e. The van der Waals surface area contributed by atoms with Crippen LogP contribution in [0.4, 0.5) is 0 Å². The highest BCUT2D eigenvalue weighted by atomic mass is 32.1. The van der Waals surface area contributed by atoms with Gasteiger partial charge in [-0.3, -0.25) is 9.69 Å². The molecule has 2 aliphatic heterocycles. The molecule has 122 valence electrons. The van der Waals surface area contributed by atoms with Crippen LogP contribution in [0.2, 0.25) is 0 Å². The number of hydrogen-bond acceptors (Lipinski definition) is 6. The molecule has 0 bridgehead atoms. The molecule has 0 unspecified atom stereocenters. The smallest absolute Gasteiger partial charge is 0.251 e. The van der Waals surface area contributed by atoms with Gasteiger partial charge >= 0.3 is 0 Å². The quantitative estimate of drug-likeness (QED) is 0.878. The van der Waals surface area contributed by atoms with Gasteiger partial charge in [-0.15, -0.1) is 11.3 Å². The van der Waals surface area contributed by atoms with Crippen molar-refractivity contribution < 1.29 is 9.53 Å². The van der Waals surface area contributed by atoms with Crippen LogP contribution in [-0.2, 0) is 16.1 Å². The van der Waals surface area contributed by atoms with E-state index in [-0.39, 0.29) is 18.1 Å². The molecule has 7 heteroatoms. The SMILES string of the molecule is Cc1ncc(CN2CCN(C(=O)[C@@H]3CC[C@H](CN)O3)CC2)s1. The Morgan fingerprint density at radius 3 is 2.77 bits per heavy atom. The van der Waals surface area contributed by atoms with Gasteiger partial charge in [0.2, 0.25) is 0 Å². The summed E-state index contributed by atoms with van der Waals surface area (Å²) in [6.07, 6.45) is 3.45. The summed E-state index contributed by atoms with van der Waals surface area (Å²) in [5.41, 5.74) is 5.61. The highest BCUT2D eigenvalue weighted by molar-refractivity contribution is 7.11. The first kappa shape index (κ1) is 15.9. The lowest BCUT2D eigenvalue weighted by Gasteiger charge is -2.35. The first-order chi connectivity index (χ1) is 10.7. The number of piperazine rings is 1. The molecule has 2 atom stereocenters. The Morgan fingerprint density at radius 2 is 2.18 bits per heavy atom. The minimum atomic E-state index is -0.274. The largest absolute Gasteiger partial charge is 0.364 e. The van der Waals surface area contributed by atoms with E-state index in [1.807, 2.05) is 18.0 Å². The zero-order valence-corrected chi connectivity index (χ0v) is 13.8. The van der Waals surface area contributed by atoms with Crippen LogP contribution in [0.15, 0.2) is 6.20 Å². The van der Waals surface area contributed by atoms with Crippen molar-refractivity contribution in [2.45, 2.75) is 38.5 Å². The summed E-state index contributed by atoms with van der Waals surface area (Å²) in [5.74, 6) is 0.143. The molecule has 2 fully saturated rings. The number of thiazole rings is 1. The van der Waals surface area contributed by atoms with Crippen LogP contribution >= 0.6 is 11.3 Å². The Bertz CT molecular complexity index is 513. The second-order valence-electron chi connectivity index (χ2n) is 6.01. The number of nitrogens with two attached hydrogens (primary N) is 1. The molecule has 6 nitrogen and oxygen atoms in total. The van der Waals surface area contributed by atoms with Gasteiger partial charge in [0, 0.05) is 50.3 Å². The molecular formula is C15H24N4O2S. The first-order valence-corrected chi connectivity index (χ1v) is 8.75. The standard InChI is InChI=1S/C15H24N4O2S/c1-11-17-9-13(22-11)10-18-4-6-19(7-5-18)15(20)14-3-2-12(8-16)21-14/h9,12,14H,2-8,10,16H2,1H3/t12-,14+/m1/s1. The third-order valence-electron chi connectivity index (χ3n) is 4.38. The molecule has 0 spiro atoms. The monoisotopic (exact) mass is 324 g/mol. The number of carbonyl (C=O) groups is 1. The fraction of sp³-hybridized carbons (Fsp3) is 0.733. The van der Waals surface area contributed by atoms with Gasteiger partial charge in [0.25, 0.3) is 5.91 Å². The first-order valence-electron chi connectivity index (χ1n) is 7.93. The van der Waals surface area contributed by atoms with E-state index < -0.39 is 0 Å². The van der Waals surface area contributed by atoms with Crippen molar-refractivity contribution >= 4 is 17.2 Å². The highest BCUT2D eigenvalue weighted by Gasteiger charge is 2.34. The summed E-state index contributed by atoms with van der Waals surface area (Å²) in [4.78, 5) is 22.4. The van der Waals surface area contributed by atoms with Crippen molar-refractivity contribution in [2.24, 2.45) is 5.73 Å². The van der Waals surface area contributed by atoms with E-state index in [4.69, 9.17) is 10.5 Å². The molecule has 0 aromatic carbocycles. The number of amides is 1.